The first kappa shape index (κ1) is 10.5. The largest absolute Gasteiger partial charge is 0.339 e. The van der Waals surface area contributed by atoms with Crippen LogP contribution in [0, 0.1) is 0 Å². The normalized spacial score (nSPS) is 20.0. The maximum atomic E-state index is 11.7. The Bertz CT molecular complexity index is 166. The highest BCUT2D eigenvalue weighted by atomic mass is 16.2. The summed E-state index contributed by atoms with van der Waals surface area (Å²) in [5.41, 5.74) is 0. The van der Waals surface area contributed by atoms with Crippen molar-refractivity contribution in [2.24, 2.45) is 0 Å². The first-order chi connectivity index (χ1) is 6.25. The maximum Gasteiger partial charge on any atom is 0.239 e. The van der Waals surface area contributed by atoms with E-state index in [9.17, 15) is 4.79 Å². The second-order valence-electron chi connectivity index (χ2n) is 3.35. The molecular weight excluding hydrogens is 166 g/mol. The van der Waals surface area contributed by atoms with Crippen molar-refractivity contribution in [3.63, 3.8) is 0 Å². The summed E-state index contributed by atoms with van der Waals surface area (Å²) in [5, 5.41) is 6.36. The predicted molar refractivity (Wildman–Crippen MR) is 52.6 cm³/mol. The number of nitrogens with zero attached hydrogens (tertiary/aromatic N) is 1. The molecule has 4 heteroatoms. The molecule has 76 valence electrons. The lowest BCUT2D eigenvalue weighted by Crippen LogP contribution is -2.52. The summed E-state index contributed by atoms with van der Waals surface area (Å²) in [6, 6.07) is -0.0388. The van der Waals surface area contributed by atoms with Gasteiger partial charge in [0.25, 0.3) is 0 Å². The van der Waals surface area contributed by atoms with Crippen molar-refractivity contribution in [1.82, 2.24) is 15.5 Å². The number of amides is 1. The minimum atomic E-state index is -0.0388. The molecule has 0 saturated carbocycles. The van der Waals surface area contributed by atoms with Gasteiger partial charge in [0, 0.05) is 26.2 Å². The quantitative estimate of drug-likeness (QED) is 0.618. The molecule has 0 aromatic heterocycles. The number of carbonyl (C=O) groups is 1. The van der Waals surface area contributed by atoms with E-state index in [1.165, 1.54) is 0 Å². The van der Waals surface area contributed by atoms with Crippen molar-refractivity contribution in [2.75, 3.05) is 32.7 Å². The zero-order valence-corrected chi connectivity index (χ0v) is 8.47. The van der Waals surface area contributed by atoms with E-state index in [2.05, 4.69) is 10.6 Å². The van der Waals surface area contributed by atoms with Crippen molar-refractivity contribution in [3.8, 4) is 0 Å². The van der Waals surface area contributed by atoms with E-state index in [1.54, 1.807) is 0 Å². The molecule has 0 aromatic carbocycles. The predicted octanol–water partition coefficient (Wildman–Crippen LogP) is -0.584. The summed E-state index contributed by atoms with van der Waals surface area (Å²) in [6.45, 7) is 8.31. The third kappa shape index (κ3) is 2.97. The van der Waals surface area contributed by atoms with E-state index < -0.39 is 0 Å². The Balaban J connectivity index is 2.36. The number of hydrogen-bond acceptors (Lipinski definition) is 3. The second-order valence-corrected chi connectivity index (χ2v) is 3.35. The van der Waals surface area contributed by atoms with Crippen LogP contribution in [0.3, 0.4) is 0 Å². The van der Waals surface area contributed by atoms with Gasteiger partial charge in [0.1, 0.15) is 0 Å². The van der Waals surface area contributed by atoms with Crippen LogP contribution in [0.15, 0.2) is 0 Å². The van der Waals surface area contributed by atoms with Gasteiger partial charge >= 0.3 is 0 Å². The molecule has 1 rings (SSSR count). The number of piperazine rings is 1. The third-order valence-corrected chi connectivity index (χ3v) is 2.31. The van der Waals surface area contributed by atoms with E-state index >= 15 is 0 Å². The highest BCUT2D eigenvalue weighted by Crippen LogP contribution is 1.97. The Kier molecular flexibility index (Phi) is 4.18. The molecule has 2 N–H and O–H groups in total. The number of likely N-dealkylation sites (N-methyl/N-ethyl adjacent to an activating group) is 1. The fourth-order valence-corrected chi connectivity index (χ4v) is 1.55. The number of hydrogen-bond donors (Lipinski definition) is 2. The molecule has 1 atom stereocenters. The zero-order chi connectivity index (χ0) is 9.68. The molecule has 1 aliphatic heterocycles. The first-order valence-electron chi connectivity index (χ1n) is 4.98. The SMILES string of the molecule is CCNC(C)C(=O)N1CCNCC1. The molecule has 0 radical (unpaired) electrons. The van der Waals surface area contributed by atoms with Crippen molar-refractivity contribution in [2.45, 2.75) is 19.9 Å². The molecule has 1 amide bonds. The Hall–Kier alpha value is -0.610. The Morgan fingerprint density at radius 3 is 2.69 bits per heavy atom. The number of rotatable bonds is 3. The lowest BCUT2D eigenvalue weighted by atomic mass is 10.2. The van der Waals surface area contributed by atoms with Gasteiger partial charge in [-0.3, -0.25) is 4.79 Å². The minimum absolute atomic E-state index is 0.0388. The summed E-state index contributed by atoms with van der Waals surface area (Å²) < 4.78 is 0. The van der Waals surface area contributed by atoms with Crippen molar-refractivity contribution >= 4 is 5.91 Å². The zero-order valence-electron chi connectivity index (χ0n) is 8.47. The lowest BCUT2D eigenvalue weighted by molar-refractivity contribution is -0.133. The minimum Gasteiger partial charge on any atom is -0.339 e. The molecule has 1 aliphatic rings. The van der Waals surface area contributed by atoms with Gasteiger partial charge < -0.3 is 15.5 Å². The molecule has 0 aromatic rings. The van der Waals surface area contributed by atoms with Gasteiger partial charge in [0.05, 0.1) is 6.04 Å². The van der Waals surface area contributed by atoms with Gasteiger partial charge in [0.2, 0.25) is 5.91 Å². The molecule has 1 saturated heterocycles. The summed E-state index contributed by atoms with van der Waals surface area (Å²) in [5.74, 6) is 0.225. The van der Waals surface area contributed by atoms with Gasteiger partial charge in [0.15, 0.2) is 0 Å². The van der Waals surface area contributed by atoms with Gasteiger partial charge in [-0.1, -0.05) is 6.92 Å². The van der Waals surface area contributed by atoms with Crippen molar-refractivity contribution in [3.05, 3.63) is 0 Å². The van der Waals surface area contributed by atoms with Crippen LogP contribution in [0.4, 0.5) is 0 Å². The molecule has 13 heavy (non-hydrogen) atoms. The van der Waals surface area contributed by atoms with Crippen LogP contribution in [0.25, 0.3) is 0 Å². The maximum absolute atomic E-state index is 11.7. The summed E-state index contributed by atoms with van der Waals surface area (Å²) in [6.07, 6.45) is 0. The van der Waals surface area contributed by atoms with Crippen LogP contribution in [0.5, 0.6) is 0 Å². The standard InChI is InChI=1S/C9H19N3O/c1-3-11-8(2)9(13)12-6-4-10-5-7-12/h8,10-11H,3-7H2,1-2H3. The molecule has 0 spiro atoms. The topological polar surface area (TPSA) is 44.4 Å². The summed E-state index contributed by atoms with van der Waals surface area (Å²) in [7, 11) is 0. The lowest BCUT2D eigenvalue weighted by Gasteiger charge is -2.29. The average molecular weight is 185 g/mol. The molecule has 1 unspecified atom stereocenters. The van der Waals surface area contributed by atoms with E-state index in [0.717, 1.165) is 32.7 Å². The Labute approximate surface area is 79.7 Å². The van der Waals surface area contributed by atoms with Crippen LogP contribution in [-0.2, 0) is 4.79 Å². The van der Waals surface area contributed by atoms with E-state index in [0.29, 0.717) is 0 Å². The highest BCUT2D eigenvalue weighted by Gasteiger charge is 2.20. The second kappa shape index (κ2) is 5.19. The molecule has 0 bridgehead atoms. The third-order valence-electron chi connectivity index (χ3n) is 2.31. The van der Waals surface area contributed by atoms with Crippen molar-refractivity contribution < 1.29 is 4.79 Å². The smallest absolute Gasteiger partial charge is 0.239 e. The van der Waals surface area contributed by atoms with Crippen LogP contribution in [0.1, 0.15) is 13.8 Å². The van der Waals surface area contributed by atoms with Crippen LogP contribution in [0.2, 0.25) is 0 Å². The van der Waals surface area contributed by atoms with Crippen LogP contribution >= 0.6 is 0 Å². The van der Waals surface area contributed by atoms with Gasteiger partial charge in [-0.2, -0.15) is 0 Å². The molecule has 4 nitrogen and oxygen atoms in total. The van der Waals surface area contributed by atoms with Gasteiger partial charge in [-0.25, -0.2) is 0 Å². The van der Waals surface area contributed by atoms with Crippen LogP contribution in [-0.4, -0.2) is 49.6 Å². The van der Waals surface area contributed by atoms with E-state index in [-0.39, 0.29) is 11.9 Å². The molecule has 1 fully saturated rings. The Morgan fingerprint density at radius 2 is 2.15 bits per heavy atom. The summed E-state index contributed by atoms with van der Waals surface area (Å²) >= 11 is 0. The average Bonchev–Trinajstić information content (AvgIpc) is 2.18. The van der Waals surface area contributed by atoms with Gasteiger partial charge in [-0.15, -0.1) is 0 Å². The molecule has 0 aliphatic carbocycles. The fraction of sp³-hybridized carbons (Fsp3) is 0.889. The number of nitrogens with one attached hydrogen (secondary N) is 2. The van der Waals surface area contributed by atoms with E-state index in [4.69, 9.17) is 0 Å². The summed E-state index contributed by atoms with van der Waals surface area (Å²) in [4.78, 5) is 13.6. The Morgan fingerprint density at radius 1 is 1.54 bits per heavy atom. The first-order valence-corrected chi connectivity index (χ1v) is 4.98. The molecule has 1 heterocycles. The van der Waals surface area contributed by atoms with Crippen molar-refractivity contribution in [1.29, 1.82) is 0 Å². The number of carbonyl (C=O) groups excluding carboxylic acids is 1. The van der Waals surface area contributed by atoms with Crippen LogP contribution < -0.4 is 10.6 Å². The van der Waals surface area contributed by atoms with Gasteiger partial charge in [-0.05, 0) is 13.5 Å². The van der Waals surface area contributed by atoms with E-state index in [1.807, 2.05) is 18.7 Å². The fourth-order valence-electron chi connectivity index (χ4n) is 1.55. The monoisotopic (exact) mass is 185 g/mol. The highest BCUT2D eigenvalue weighted by molar-refractivity contribution is 5.81. The molecular formula is C9H19N3O.